The minimum atomic E-state index is -0.101. The Morgan fingerprint density at radius 1 is 0.929 bits per heavy atom. The van der Waals surface area contributed by atoms with Crippen LogP contribution in [0.3, 0.4) is 0 Å². The normalized spacial score (nSPS) is 15.2. The first-order chi connectivity index (χ1) is 13.8. The van der Waals surface area contributed by atoms with Gasteiger partial charge in [-0.2, -0.15) is 0 Å². The van der Waals surface area contributed by atoms with Crippen LogP contribution in [0.2, 0.25) is 0 Å². The number of nitrogens with one attached hydrogen (secondary N) is 2. The van der Waals surface area contributed by atoms with Gasteiger partial charge in [0.05, 0.1) is 6.04 Å². The molecule has 0 bridgehead atoms. The average molecular weight is 397 g/mol. The number of hydrogen-bond donors (Lipinski definition) is 2. The predicted octanol–water partition coefficient (Wildman–Crippen LogP) is 6.43. The quantitative estimate of drug-likeness (QED) is 0.479. The lowest BCUT2D eigenvalue weighted by Crippen LogP contribution is -2.39. The fraction of sp³-hybridized carbons (Fsp3) is 0.458. The molecule has 3 nitrogen and oxygen atoms in total. The van der Waals surface area contributed by atoms with Crippen LogP contribution in [0.4, 0.5) is 4.79 Å². The van der Waals surface area contributed by atoms with Gasteiger partial charge >= 0.3 is 6.03 Å². The molecule has 1 aliphatic rings. The second-order valence-electron chi connectivity index (χ2n) is 7.48. The third kappa shape index (κ3) is 5.78. The minimum absolute atomic E-state index is 0.0764. The van der Waals surface area contributed by atoms with Crippen LogP contribution in [0.15, 0.2) is 53.4 Å². The number of urea groups is 1. The van der Waals surface area contributed by atoms with Crippen molar-refractivity contribution in [1.29, 1.82) is 0 Å². The zero-order valence-electron chi connectivity index (χ0n) is 16.9. The Bertz CT molecular complexity index is 714. The van der Waals surface area contributed by atoms with Crippen LogP contribution in [0.5, 0.6) is 0 Å². The molecule has 0 spiro atoms. The average Bonchev–Trinajstić information content (AvgIpc) is 2.88. The summed E-state index contributed by atoms with van der Waals surface area (Å²) in [6.07, 6.45) is 8.78. The molecule has 2 N–H and O–H groups in total. The largest absolute Gasteiger partial charge is 0.338 e. The molecular formula is C24H32N2OS. The van der Waals surface area contributed by atoms with Crippen molar-refractivity contribution in [3.8, 4) is 0 Å². The van der Waals surface area contributed by atoms with Gasteiger partial charge in [-0.05, 0) is 29.2 Å². The van der Waals surface area contributed by atoms with Crippen molar-refractivity contribution in [3.05, 3.63) is 65.2 Å². The van der Waals surface area contributed by atoms with E-state index in [1.165, 1.54) is 60.1 Å². The van der Waals surface area contributed by atoms with Crippen molar-refractivity contribution in [2.45, 2.75) is 68.6 Å². The number of rotatable bonds is 9. The van der Waals surface area contributed by atoms with Gasteiger partial charge in [0.1, 0.15) is 0 Å². The third-order valence-corrected chi connectivity index (χ3v) is 6.46. The molecule has 4 heteroatoms. The van der Waals surface area contributed by atoms with Crippen LogP contribution in [0.1, 0.15) is 74.6 Å². The number of unbranched alkanes of at least 4 members (excludes halogenated alkanes) is 6. The molecule has 0 aromatic heterocycles. The second kappa shape index (κ2) is 11.2. The monoisotopic (exact) mass is 396 g/mol. The minimum Gasteiger partial charge on any atom is -0.338 e. The summed E-state index contributed by atoms with van der Waals surface area (Å²) < 4.78 is 0. The number of benzene rings is 2. The smallest absolute Gasteiger partial charge is 0.315 e. The Kier molecular flexibility index (Phi) is 8.28. The Balaban J connectivity index is 1.55. The number of hydrogen-bond acceptors (Lipinski definition) is 2. The number of carbonyl (C=O) groups is 1. The van der Waals surface area contributed by atoms with E-state index in [9.17, 15) is 4.79 Å². The number of carbonyl (C=O) groups excluding carboxylic acids is 1. The molecule has 0 saturated heterocycles. The van der Waals surface area contributed by atoms with Gasteiger partial charge in [-0.25, -0.2) is 4.79 Å². The summed E-state index contributed by atoms with van der Waals surface area (Å²) in [7, 11) is 0. The molecule has 150 valence electrons. The van der Waals surface area contributed by atoms with E-state index in [2.05, 4.69) is 66.1 Å². The molecule has 1 heterocycles. The van der Waals surface area contributed by atoms with E-state index in [4.69, 9.17) is 0 Å². The molecule has 0 radical (unpaired) electrons. The molecule has 1 aliphatic heterocycles. The summed E-state index contributed by atoms with van der Waals surface area (Å²) >= 11 is 1.84. The van der Waals surface area contributed by atoms with Crippen molar-refractivity contribution in [3.63, 3.8) is 0 Å². The number of amides is 2. The molecule has 2 aromatic rings. The topological polar surface area (TPSA) is 41.1 Å². The maximum Gasteiger partial charge on any atom is 0.315 e. The summed E-state index contributed by atoms with van der Waals surface area (Å²) in [6, 6.07) is 16.7. The lowest BCUT2D eigenvalue weighted by molar-refractivity contribution is 0.238. The van der Waals surface area contributed by atoms with Gasteiger partial charge in [-0.3, -0.25) is 0 Å². The van der Waals surface area contributed by atoms with E-state index in [0.29, 0.717) is 0 Å². The summed E-state index contributed by atoms with van der Waals surface area (Å²) in [6.45, 7) is 2.98. The highest BCUT2D eigenvalue weighted by molar-refractivity contribution is 7.98. The fourth-order valence-electron chi connectivity index (χ4n) is 3.74. The molecule has 28 heavy (non-hydrogen) atoms. The maximum atomic E-state index is 12.6. The maximum absolute atomic E-state index is 12.6. The number of fused-ring (bicyclic) bond motifs is 2. The van der Waals surface area contributed by atoms with E-state index in [1.54, 1.807) is 0 Å². The highest BCUT2D eigenvalue weighted by atomic mass is 32.2. The van der Waals surface area contributed by atoms with Crippen LogP contribution >= 0.6 is 11.8 Å². The van der Waals surface area contributed by atoms with Crippen molar-refractivity contribution in [1.82, 2.24) is 10.6 Å². The molecule has 0 saturated carbocycles. The summed E-state index contributed by atoms with van der Waals surface area (Å²) in [4.78, 5) is 13.8. The molecule has 1 unspecified atom stereocenters. The third-order valence-electron chi connectivity index (χ3n) is 5.32. The van der Waals surface area contributed by atoms with Crippen LogP contribution < -0.4 is 10.6 Å². The van der Waals surface area contributed by atoms with Crippen LogP contribution in [0, 0.1) is 0 Å². The second-order valence-corrected chi connectivity index (χ2v) is 8.50. The summed E-state index contributed by atoms with van der Waals surface area (Å²) in [5.41, 5.74) is 3.68. The van der Waals surface area contributed by atoms with Crippen LogP contribution in [-0.2, 0) is 5.75 Å². The molecule has 0 fully saturated rings. The Labute approximate surface area is 173 Å². The summed E-state index contributed by atoms with van der Waals surface area (Å²) in [5, 5.41) is 6.28. The van der Waals surface area contributed by atoms with E-state index in [1.807, 2.05) is 11.8 Å². The SMILES string of the molecule is CCCCCCCCCNC(=O)NC1c2ccccc2CSc2ccccc21. The van der Waals surface area contributed by atoms with Crippen LogP contribution in [0.25, 0.3) is 0 Å². The van der Waals surface area contributed by atoms with Crippen molar-refractivity contribution in [2.75, 3.05) is 6.54 Å². The number of thioether (sulfide) groups is 1. The van der Waals surface area contributed by atoms with Gasteiger partial charge in [-0.15, -0.1) is 11.8 Å². The zero-order valence-corrected chi connectivity index (χ0v) is 17.7. The first-order valence-corrected chi connectivity index (χ1v) is 11.6. The standard InChI is InChI=1S/C24H32N2OS/c1-2-3-4-5-6-7-12-17-25-24(27)26-23-20-14-9-8-13-19(20)18-28-22-16-11-10-15-21(22)23/h8-11,13-16,23H,2-7,12,17-18H2,1H3,(H2,25,26,27). The molecule has 2 amide bonds. The highest BCUT2D eigenvalue weighted by Crippen LogP contribution is 2.39. The van der Waals surface area contributed by atoms with Crippen molar-refractivity contribution >= 4 is 17.8 Å². The van der Waals surface area contributed by atoms with Gasteiger partial charge in [0.2, 0.25) is 0 Å². The first-order valence-electron chi connectivity index (χ1n) is 10.6. The predicted molar refractivity (Wildman–Crippen MR) is 119 cm³/mol. The van der Waals surface area contributed by atoms with E-state index in [0.717, 1.165) is 18.7 Å². The first kappa shape index (κ1) is 20.8. The molecular weight excluding hydrogens is 364 g/mol. The van der Waals surface area contributed by atoms with Crippen molar-refractivity contribution < 1.29 is 4.79 Å². The van der Waals surface area contributed by atoms with Gasteiger partial charge in [0.15, 0.2) is 0 Å². The van der Waals surface area contributed by atoms with E-state index < -0.39 is 0 Å². The molecule has 1 atom stereocenters. The molecule has 3 rings (SSSR count). The van der Waals surface area contributed by atoms with E-state index >= 15 is 0 Å². The highest BCUT2D eigenvalue weighted by Gasteiger charge is 2.24. The van der Waals surface area contributed by atoms with Crippen molar-refractivity contribution in [2.24, 2.45) is 0 Å². The lowest BCUT2D eigenvalue weighted by atomic mass is 9.95. The van der Waals surface area contributed by atoms with Gasteiger partial charge in [0, 0.05) is 17.2 Å². The Morgan fingerprint density at radius 2 is 1.61 bits per heavy atom. The van der Waals surface area contributed by atoms with Crippen LogP contribution in [-0.4, -0.2) is 12.6 Å². The van der Waals surface area contributed by atoms with Gasteiger partial charge in [-0.1, -0.05) is 87.9 Å². The Morgan fingerprint density at radius 3 is 2.43 bits per heavy atom. The fourth-order valence-corrected chi connectivity index (χ4v) is 4.84. The van der Waals surface area contributed by atoms with E-state index in [-0.39, 0.29) is 12.1 Å². The molecule has 0 aliphatic carbocycles. The summed E-state index contributed by atoms with van der Waals surface area (Å²) in [5.74, 6) is 0.936. The van der Waals surface area contributed by atoms with Gasteiger partial charge < -0.3 is 10.6 Å². The zero-order chi connectivity index (χ0) is 19.6. The molecule has 2 aromatic carbocycles. The van der Waals surface area contributed by atoms with Gasteiger partial charge in [0.25, 0.3) is 0 Å². The lowest BCUT2D eigenvalue weighted by Gasteiger charge is -2.21. The Hall–Kier alpha value is -1.94.